The monoisotopic (exact) mass is 243 g/mol. The SMILES string of the molecule is CCC(CC#N)Oc1cccc(C(F)(F)F)c1. The molecule has 0 spiro atoms. The largest absolute Gasteiger partial charge is 0.489 e. The molecular formula is C12H12F3NO. The Labute approximate surface area is 97.6 Å². The molecule has 1 rings (SSSR count). The average molecular weight is 243 g/mol. The van der Waals surface area contributed by atoms with Crippen LogP contribution in [-0.4, -0.2) is 6.10 Å². The Hall–Kier alpha value is -1.70. The predicted molar refractivity (Wildman–Crippen MR) is 56.4 cm³/mol. The van der Waals surface area contributed by atoms with Crippen molar-refractivity contribution < 1.29 is 17.9 Å². The van der Waals surface area contributed by atoms with Gasteiger partial charge in [0.05, 0.1) is 18.1 Å². The zero-order valence-electron chi connectivity index (χ0n) is 9.29. The van der Waals surface area contributed by atoms with Crippen molar-refractivity contribution in [3.05, 3.63) is 29.8 Å². The quantitative estimate of drug-likeness (QED) is 0.806. The van der Waals surface area contributed by atoms with Gasteiger partial charge < -0.3 is 4.74 Å². The second-order valence-corrected chi connectivity index (χ2v) is 3.54. The van der Waals surface area contributed by atoms with Crippen LogP contribution in [0.4, 0.5) is 13.2 Å². The third-order valence-electron chi connectivity index (χ3n) is 2.24. The number of hydrogen-bond acceptors (Lipinski definition) is 2. The van der Waals surface area contributed by atoms with Crippen molar-refractivity contribution in [1.29, 1.82) is 5.26 Å². The third-order valence-corrected chi connectivity index (χ3v) is 2.24. The first-order chi connectivity index (χ1) is 7.97. The molecule has 1 aromatic rings. The highest BCUT2D eigenvalue weighted by Crippen LogP contribution is 2.31. The van der Waals surface area contributed by atoms with Crippen molar-refractivity contribution in [2.45, 2.75) is 32.0 Å². The van der Waals surface area contributed by atoms with Gasteiger partial charge in [-0.25, -0.2) is 0 Å². The Morgan fingerprint density at radius 3 is 2.65 bits per heavy atom. The fourth-order valence-electron chi connectivity index (χ4n) is 1.31. The van der Waals surface area contributed by atoms with E-state index in [-0.39, 0.29) is 18.3 Å². The lowest BCUT2D eigenvalue weighted by atomic mass is 10.2. The van der Waals surface area contributed by atoms with Gasteiger partial charge in [-0.1, -0.05) is 13.0 Å². The number of ether oxygens (including phenoxy) is 1. The van der Waals surface area contributed by atoms with E-state index in [4.69, 9.17) is 10.00 Å². The van der Waals surface area contributed by atoms with Crippen molar-refractivity contribution in [3.63, 3.8) is 0 Å². The Morgan fingerprint density at radius 2 is 2.12 bits per heavy atom. The number of nitriles is 1. The lowest BCUT2D eigenvalue weighted by molar-refractivity contribution is -0.137. The fraction of sp³-hybridized carbons (Fsp3) is 0.417. The van der Waals surface area contributed by atoms with Crippen LogP contribution in [-0.2, 0) is 6.18 Å². The van der Waals surface area contributed by atoms with Gasteiger partial charge in [0, 0.05) is 0 Å². The van der Waals surface area contributed by atoms with Gasteiger partial charge in [0.1, 0.15) is 11.9 Å². The summed E-state index contributed by atoms with van der Waals surface area (Å²) in [5, 5.41) is 8.52. The number of benzene rings is 1. The molecule has 0 saturated carbocycles. The van der Waals surface area contributed by atoms with E-state index in [2.05, 4.69) is 0 Å². The summed E-state index contributed by atoms with van der Waals surface area (Å²) < 4.78 is 42.6. The lowest BCUT2D eigenvalue weighted by Gasteiger charge is -2.15. The van der Waals surface area contributed by atoms with E-state index < -0.39 is 11.7 Å². The molecule has 0 aromatic heterocycles. The van der Waals surface area contributed by atoms with Crippen LogP contribution >= 0.6 is 0 Å². The zero-order chi connectivity index (χ0) is 12.9. The molecule has 0 radical (unpaired) electrons. The van der Waals surface area contributed by atoms with E-state index in [1.807, 2.05) is 13.0 Å². The molecular weight excluding hydrogens is 231 g/mol. The van der Waals surface area contributed by atoms with Crippen molar-refractivity contribution in [3.8, 4) is 11.8 Å². The molecule has 0 fully saturated rings. The molecule has 0 N–H and O–H groups in total. The maximum Gasteiger partial charge on any atom is 0.416 e. The molecule has 5 heteroatoms. The highest BCUT2D eigenvalue weighted by atomic mass is 19.4. The standard InChI is InChI=1S/C12H12F3NO/c1-2-10(6-7-16)17-11-5-3-4-9(8-11)12(13,14)15/h3-5,8,10H,2,6H2,1H3. The summed E-state index contributed by atoms with van der Waals surface area (Å²) in [6, 6.07) is 6.61. The number of hydrogen-bond donors (Lipinski definition) is 0. The lowest BCUT2D eigenvalue weighted by Crippen LogP contribution is -2.15. The minimum absolute atomic E-state index is 0.141. The fourth-order valence-corrected chi connectivity index (χ4v) is 1.31. The van der Waals surface area contributed by atoms with Gasteiger partial charge in [0.15, 0.2) is 0 Å². The second-order valence-electron chi connectivity index (χ2n) is 3.54. The maximum atomic E-state index is 12.4. The number of alkyl halides is 3. The molecule has 17 heavy (non-hydrogen) atoms. The Bertz CT molecular complexity index is 409. The van der Waals surface area contributed by atoms with Crippen LogP contribution in [0, 0.1) is 11.3 Å². The molecule has 0 amide bonds. The van der Waals surface area contributed by atoms with Crippen LogP contribution in [0.3, 0.4) is 0 Å². The summed E-state index contributed by atoms with van der Waals surface area (Å²) in [4.78, 5) is 0. The summed E-state index contributed by atoms with van der Waals surface area (Å²) in [5.41, 5.74) is -0.748. The Morgan fingerprint density at radius 1 is 1.41 bits per heavy atom. The Balaban J connectivity index is 2.82. The van der Waals surface area contributed by atoms with Crippen LogP contribution < -0.4 is 4.74 Å². The van der Waals surface area contributed by atoms with Crippen LogP contribution in [0.1, 0.15) is 25.3 Å². The van der Waals surface area contributed by atoms with Crippen molar-refractivity contribution in [2.75, 3.05) is 0 Å². The maximum absolute atomic E-state index is 12.4. The van der Waals surface area contributed by atoms with Crippen molar-refractivity contribution >= 4 is 0 Å². The van der Waals surface area contributed by atoms with Gasteiger partial charge in [-0.05, 0) is 24.6 Å². The molecule has 2 nitrogen and oxygen atoms in total. The van der Waals surface area contributed by atoms with Gasteiger partial charge in [-0.3, -0.25) is 0 Å². The molecule has 0 bridgehead atoms. The second kappa shape index (κ2) is 5.58. The zero-order valence-corrected chi connectivity index (χ0v) is 9.29. The molecule has 1 atom stereocenters. The molecule has 92 valence electrons. The first-order valence-electron chi connectivity index (χ1n) is 5.18. The van der Waals surface area contributed by atoms with E-state index in [1.54, 1.807) is 0 Å². The molecule has 0 aliphatic heterocycles. The predicted octanol–water partition coefficient (Wildman–Crippen LogP) is 3.78. The highest BCUT2D eigenvalue weighted by molar-refractivity contribution is 5.30. The third kappa shape index (κ3) is 3.99. The van der Waals surface area contributed by atoms with E-state index in [0.717, 1.165) is 12.1 Å². The van der Waals surface area contributed by atoms with E-state index in [1.165, 1.54) is 12.1 Å². The molecule has 1 unspecified atom stereocenters. The van der Waals surface area contributed by atoms with Gasteiger partial charge in [0.2, 0.25) is 0 Å². The summed E-state index contributed by atoms with van der Waals surface area (Å²) in [5.74, 6) is 0.141. The molecule has 0 saturated heterocycles. The van der Waals surface area contributed by atoms with E-state index in [0.29, 0.717) is 6.42 Å². The first kappa shape index (κ1) is 13.4. The number of halogens is 3. The van der Waals surface area contributed by atoms with Crippen LogP contribution in [0.15, 0.2) is 24.3 Å². The summed E-state index contributed by atoms with van der Waals surface area (Å²) in [6.07, 6.45) is -4.02. The van der Waals surface area contributed by atoms with E-state index >= 15 is 0 Å². The highest BCUT2D eigenvalue weighted by Gasteiger charge is 2.30. The summed E-state index contributed by atoms with van der Waals surface area (Å²) >= 11 is 0. The number of nitrogens with zero attached hydrogens (tertiary/aromatic N) is 1. The molecule has 0 aliphatic rings. The van der Waals surface area contributed by atoms with Crippen molar-refractivity contribution in [2.24, 2.45) is 0 Å². The normalized spacial score (nSPS) is 12.9. The number of rotatable bonds is 4. The van der Waals surface area contributed by atoms with Gasteiger partial charge in [-0.15, -0.1) is 0 Å². The minimum atomic E-state index is -4.38. The summed E-state index contributed by atoms with van der Waals surface area (Å²) in [7, 11) is 0. The minimum Gasteiger partial charge on any atom is -0.489 e. The molecule has 0 heterocycles. The van der Waals surface area contributed by atoms with Crippen LogP contribution in [0.25, 0.3) is 0 Å². The van der Waals surface area contributed by atoms with Crippen molar-refractivity contribution in [1.82, 2.24) is 0 Å². The van der Waals surface area contributed by atoms with Gasteiger partial charge >= 0.3 is 6.18 Å². The van der Waals surface area contributed by atoms with Gasteiger partial charge in [-0.2, -0.15) is 18.4 Å². The van der Waals surface area contributed by atoms with Crippen LogP contribution in [0.5, 0.6) is 5.75 Å². The summed E-state index contributed by atoms with van der Waals surface area (Å²) in [6.45, 7) is 1.82. The molecule has 0 aliphatic carbocycles. The van der Waals surface area contributed by atoms with Crippen LogP contribution in [0.2, 0.25) is 0 Å². The topological polar surface area (TPSA) is 33.0 Å². The Kier molecular flexibility index (Phi) is 4.38. The van der Waals surface area contributed by atoms with E-state index in [9.17, 15) is 13.2 Å². The average Bonchev–Trinajstić information content (AvgIpc) is 2.28. The first-order valence-corrected chi connectivity index (χ1v) is 5.18. The molecule has 1 aromatic carbocycles. The smallest absolute Gasteiger partial charge is 0.416 e. The van der Waals surface area contributed by atoms with Gasteiger partial charge in [0.25, 0.3) is 0 Å².